The highest BCUT2D eigenvalue weighted by Gasteiger charge is 2.69. The van der Waals surface area contributed by atoms with Crippen LogP contribution >= 0.6 is 22.9 Å². The number of benzene rings is 2. The molecule has 3 aliphatic heterocycles. The van der Waals surface area contributed by atoms with E-state index in [1.54, 1.807) is 12.1 Å². The molecule has 7 heteroatoms. The minimum atomic E-state index is -1.23. The molecule has 4 heterocycles. The summed E-state index contributed by atoms with van der Waals surface area (Å²) >= 11 is 7.57. The van der Waals surface area contributed by atoms with Crippen molar-refractivity contribution in [2.45, 2.75) is 24.4 Å². The number of carbonyl (C=O) groups is 3. The standard InChI is InChI=1S/C26H19ClN2O3S/c1-14(30)23-22(24(31)20-7-4-12-33-20)26(17-5-2-3-6-18(17)28-25(26)32)21-11-8-15-13-16(27)9-10-19(15)29(21)23/h2-13,21-23H,1H3,(H,28,32)/t21-,22+,23+,26+/m0/s1. The molecule has 164 valence electrons. The predicted molar refractivity (Wildman–Crippen MR) is 130 cm³/mol. The van der Waals surface area contributed by atoms with Gasteiger partial charge in [-0.2, -0.15) is 0 Å². The van der Waals surface area contributed by atoms with Gasteiger partial charge in [0.2, 0.25) is 5.91 Å². The summed E-state index contributed by atoms with van der Waals surface area (Å²) in [6.07, 6.45) is 3.88. The SMILES string of the molecule is CC(=O)[C@@H]1[C@H](C(=O)c2cccs2)[C@]2(C(=O)Nc3ccccc32)[C@@H]2C=Cc3cc(Cl)ccc3N12. The molecule has 1 amide bonds. The molecule has 0 aliphatic carbocycles. The Morgan fingerprint density at radius 2 is 1.94 bits per heavy atom. The molecule has 6 rings (SSSR count). The number of para-hydroxylation sites is 1. The number of halogens is 1. The van der Waals surface area contributed by atoms with Gasteiger partial charge in [0.1, 0.15) is 5.41 Å². The molecule has 0 unspecified atom stereocenters. The molecule has 0 saturated carbocycles. The van der Waals surface area contributed by atoms with Gasteiger partial charge in [-0.15, -0.1) is 11.3 Å². The maximum Gasteiger partial charge on any atom is 0.238 e. The number of hydrogen-bond acceptors (Lipinski definition) is 5. The van der Waals surface area contributed by atoms with Crippen LogP contribution in [-0.4, -0.2) is 29.6 Å². The number of fused-ring (bicyclic) bond motifs is 6. The van der Waals surface area contributed by atoms with E-state index in [0.29, 0.717) is 15.6 Å². The van der Waals surface area contributed by atoms with Crippen LogP contribution in [0.1, 0.15) is 27.7 Å². The van der Waals surface area contributed by atoms with Gasteiger partial charge in [-0.05, 0) is 53.8 Å². The highest BCUT2D eigenvalue weighted by molar-refractivity contribution is 7.12. The second-order valence-corrected chi connectivity index (χ2v) is 10.0. The predicted octanol–water partition coefficient (Wildman–Crippen LogP) is 4.96. The summed E-state index contributed by atoms with van der Waals surface area (Å²) in [5.41, 5.74) is 1.86. The second kappa shape index (κ2) is 7.14. The average Bonchev–Trinajstić information content (AvgIpc) is 3.50. The van der Waals surface area contributed by atoms with Crippen molar-refractivity contribution in [1.82, 2.24) is 0 Å². The lowest BCUT2D eigenvalue weighted by molar-refractivity contribution is -0.122. The van der Waals surface area contributed by atoms with Crippen molar-refractivity contribution in [3.63, 3.8) is 0 Å². The highest BCUT2D eigenvalue weighted by atomic mass is 35.5. The highest BCUT2D eigenvalue weighted by Crippen LogP contribution is 2.58. The second-order valence-electron chi connectivity index (χ2n) is 8.66. The Labute approximate surface area is 199 Å². The Bertz CT molecular complexity index is 1370. The summed E-state index contributed by atoms with van der Waals surface area (Å²) in [6.45, 7) is 1.50. The first-order valence-corrected chi connectivity index (χ1v) is 12.0. The molecule has 33 heavy (non-hydrogen) atoms. The van der Waals surface area contributed by atoms with Crippen molar-refractivity contribution in [2.24, 2.45) is 5.92 Å². The van der Waals surface area contributed by atoms with Gasteiger partial charge in [0.15, 0.2) is 11.6 Å². The van der Waals surface area contributed by atoms with E-state index in [9.17, 15) is 14.4 Å². The smallest absolute Gasteiger partial charge is 0.238 e. The summed E-state index contributed by atoms with van der Waals surface area (Å²) in [6, 6.07) is 15.2. The number of thiophene rings is 1. The van der Waals surface area contributed by atoms with Crippen LogP contribution in [0.4, 0.5) is 11.4 Å². The molecule has 5 nitrogen and oxygen atoms in total. The first-order valence-electron chi connectivity index (χ1n) is 10.7. The third-order valence-corrected chi connectivity index (χ3v) is 8.18. The van der Waals surface area contributed by atoms with E-state index in [0.717, 1.165) is 16.8 Å². The van der Waals surface area contributed by atoms with Crippen LogP contribution < -0.4 is 10.2 Å². The third kappa shape index (κ3) is 2.62. The van der Waals surface area contributed by atoms with Crippen molar-refractivity contribution in [3.05, 3.63) is 87.1 Å². The molecular formula is C26H19ClN2O3S. The fraction of sp³-hybridized carbons (Fsp3) is 0.192. The van der Waals surface area contributed by atoms with Crippen LogP contribution in [0, 0.1) is 5.92 Å². The van der Waals surface area contributed by atoms with E-state index in [2.05, 4.69) is 5.32 Å². The fourth-order valence-electron chi connectivity index (χ4n) is 5.88. The number of nitrogens with one attached hydrogen (secondary N) is 1. The lowest BCUT2D eigenvalue weighted by Gasteiger charge is -2.37. The van der Waals surface area contributed by atoms with E-state index >= 15 is 0 Å². The van der Waals surface area contributed by atoms with E-state index in [4.69, 9.17) is 11.6 Å². The first-order chi connectivity index (χ1) is 15.9. The van der Waals surface area contributed by atoms with Crippen molar-refractivity contribution in [1.29, 1.82) is 0 Å². The van der Waals surface area contributed by atoms with E-state index in [-0.39, 0.29) is 17.5 Å². The zero-order valence-electron chi connectivity index (χ0n) is 17.6. The Kier molecular flexibility index (Phi) is 4.41. The molecule has 1 saturated heterocycles. The van der Waals surface area contributed by atoms with Gasteiger partial charge < -0.3 is 10.2 Å². The Balaban J connectivity index is 1.67. The number of ketones is 2. The molecule has 1 aromatic heterocycles. The van der Waals surface area contributed by atoms with Crippen molar-refractivity contribution in [3.8, 4) is 0 Å². The van der Waals surface area contributed by atoms with E-state index in [1.165, 1.54) is 18.3 Å². The van der Waals surface area contributed by atoms with Gasteiger partial charge in [0, 0.05) is 16.4 Å². The maximum absolute atomic E-state index is 14.1. The van der Waals surface area contributed by atoms with Crippen LogP contribution in [0.2, 0.25) is 5.02 Å². The Morgan fingerprint density at radius 3 is 2.70 bits per heavy atom. The van der Waals surface area contributed by atoms with Crippen molar-refractivity contribution >= 4 is 57.9 Å². The number of anilines is 2. The lowest BCUT2D eigenvalue weighted by Crippen LogP contribution is -2.51. The van der Waals surface area contributed by atoms with Crippen molar-refractivity contribution in [2.75, 3.05) is 10.2 Å². The van der Waals surface area contributed by atoms with Gasteiger partial charge in [0.25, 0.3) is 0 Å². The average molecular weight is 475 g/mol. The minimum Gasteiger partial charge on any atom is -0.352 e. The van der Waals surface area contributed by atoms with E-state index in [1.807, 2.05) is 64.9 Å². The quantitative estimate of drug-likeness (QED) is 0.544. The zero-order chi connectivity index (χ0) is 22.9. The third-order valence-electron chi connectivity index (χ3n) is 7.06. The van der Waals surface area contributed by atoms with Crippen LogP contribution in [0.15, 0.2) is 66.1 Å². The van der Waals surface area contributed by atoms with Crippen LogP contribution in [0.5, 0.6) is 0 Å². The Morgan fingerprint density at radius 1 is 1.12 bits per heavy atom. The number of hydrogen-bond donors (Lipinski definition) is 1. The van der Waals surface area contributed by atoms with Gasteiger partial charge >= 0.3 is 0 Å². The number of carbonyl (C=O) groups excluding carboxylic acids is 3. The maximum atomic E-state index is 14.1. The van der Waals surface area contributed by atoms with E-state index < -0.39 is 23.4 Å². The zero-order valence-corrected chi connectivity index (χ0v) is 19.2. The van der Waals surface area contributed by atoms with Gasteiger partial charge in [-0.25, -0.2) is 0 Å². The number of amides is 1. The number of Topliss-reactive ketones (excluding diaryl/α,β-unsaturated/α-hetero) is 2. The van der Waals surface area contributed by atoms with Gasteiger partial charge in [-0.1, -0.05) is 48.0 Å². The molecule has 3 aliphatic rings. The van der Waals surface area contributed by atoms with Crippen LogP contribution in [0.25, 0.3) is 6.08 Å². The Hall–Kier alpha value is -3.22. The molecule has 2 aromatic carbocycles. The topological polar surface area (TPSA) is 66.5 Å². The summed E-state index contributed by atoms with van der Waals surface area (Å²) in [7, 11) is 0. The largest absolute Gasteiger partial charge is 0.352 e. The van der Waals surface area contributed by atoms with Crippen LogP contribution in [-0.2, 0) is 15.0 Å². The molecule has 0 bridgehead atoms. The molecule has 4 atom stereocenters. The fourth-order valence-corrected chi connectivity index (χ4v) is 6.76. The summed E-state index contributed by atoms with van der Waals surface area (Å²) in [5, 5.41) is 5.43. The monoisotopic (exact) mass is 474 g/mol. The number of nitrogens with zero attached hydrogens (tertiary/aromatic N) is 1. The summed E-state index contributed by atoms with van der Waals surface area (Å²) < 4.78 is 0. The molecule has 1 spiro atoms. The van der Waals surface area contributed by atoms with Crippen LogP contribution in [0.3, 0.4) is 0 Å². The summed E-state index contributed by atoms with van der Waals surface area (Å²) in [5.74, 6) is -1.47. The van der Waals surface area contributed by atoms with Crippen molar-refractivity contribution < 1.29 is 14.4 Å². The lowest BCUT2D eigenvalue weighted by atomic mass is 9.65. The minimum absolute atomic E-state index is 0.153. The normalized spacial score (nSPS) is 26.7. The molecule has 3 aromatic rings. The van der Waals surface area contributed by atoms with Gasteiger partial charge in [-0.3, -0.25) is 14.4 Å². The summed E-state index contributed by atoms with van der Waals surface area (Å²) in [4.78, 5) is 43.7. The molecule has 1 N–H and O–H groups in total. The van der Waals surface area contributed by atoms with Gasteiger partial charge in [0.05, 0.1) is 22.9 Å². The molecular weight excluding hydrogens is 456 g/mol. The number of rotatable bonds is 3. The molecule has 1 fully saturated rings. The first kappa shape index (κ1) is 20.4. The molecule has 0 radical (unpaired) electrons.